The fourth-order valence-corrected chi connectivity index (χ4v) is 2.91. The lowest BCUT2D eigenvalue weighted by Gasteiger charge is -2.14. The average molecular weight is 365 g/mol. The second-order valence-electron chi connectivity index (χ2n) is 6.06. The third-order valence-corrected chi connectivity index (χ3v) is 4.26. The first-order chi connectivity index (χ1) is 13.0. The lowest BCUT2D eigenvalue weighted by Crippen LogP contribution is -2.29. The van der Waals surface area contributed by atoms with E-state index in [1.54, 1.807) is 48.5 Å². The zero-order valence-corrected chi connectivity index (χ0v) is 14.0. The minimum atomic E-state index is -0.675. The fourth-order valence-electron chi connectivity index (χ4n) is 2.91. The van der Waals surface area contributed by atoms with Crippen LogP contribution in [0, 0.1) is 11.6 Å². The minimum Gasteiger partial charge on any atom is -0.454 e. The van der Waals surface area contributed by atoms with E-state index in [1.807, 2.05) is 0 Å². The highest BCUT2D eigenvalue weighted by molar-refractivity contribution is 6.21. The quantitative estimate of drug-likeness (QED) is 0.637. The molecule has 0 saturated carbocycles. The first-order valence-corrected chi connectivity index (χ1v) is 8.20. The molecule has 1 aliphatic heterocycles. The summed E-state index contributed by atoms with van der Waals surface area (Å²) in [5, 5.41) is 0. The molecule has 2 amide bonds. The SMILES string of the molecule is O=C1c2ccccc2C(=O)N1Cc1ccc(Oc2cc(F)ccc2F)cc1. The van der Waals surface area contributed by atoms with Crippen molar-refractivity contribution in [1.82, 2.24) is 4.90 Å². The number of halogens is 2. The normalized spacial score (nSPS) is 13.0. The molecule has 1 heterocycles. The number of hydrogen-bond donors (Lipinski definition) is 0. The number of benzene rings is 3. The first kappa shape index (κ1) is 16.9. The van der Waals surface area contributed by atoms with E-state index in [0.29, 0.717) is 22.4 Å². The van der Waals surface area contributed by atoms with Crippen molar-refractivity contribution in [2.75, 3.05) is 0 Å². The van der Waals surface area contributed by atoms with Crippen molar-refractivity contribution in [1.29, 1.82) is 0 Å². The predicted octanol–water partition coefficient (Wildman–Crippen LogP) is 4.55. The van der Waals surface area contributed by atoms with Gasteiger partial charge in [0, 0.05) is 6.07 Å². The van der Waals surface area contributed by atoms with Crippen LogP contribution in [0.25, 0.3) is 0 Å². The average Bonchev–Trinajstić information content (AvgIpc) is 2.91. The van der Waals surface area contributed by atoms with Crippen molar-refractivity contribution in [3.05, 3.63) is 95.1 Å². The molecule has 0 N–H and O–H groups in total. The first-order valence-electron chi connectivity index (χ1n) is 8.20. The molecule has 27 heavy (non-hydrogen) atoms. The summed E-state index contributed by atoms with van der Waals surface area (Å²) in [5.74, 6) is -1.86. The fraction of sp³-hybridized carbons (Fsp3) is 0.0476. The van der Waals surface area contributed by atoms with Gasteiger partial charge in [0.05, 0.1) is 17.7 Å². The van der Waals surface area contributed by atoms with Gasteiger partial charge in [0.15, 0.2) is 11.6 Å². The smallest absolute Gasteiger partial charge is 0.261 e. The third-order valence-electron chi connectivity index (χ3n) is 4.26. The Labute approximate surface area is 153 Å². The van der Waals surface area contributed by atoms with Gasteiger partial charge in [-0.2, -0.15) is 0 Å². The highest BCUT2D eigenvalue weighted by Crippen LogP contribution is 2.27. The van der Waals surface area contributed by atoms with E-state index >= 15 is 0 Å². The van der Waals surface area contributed by atoms with E-state index in [2.05, 4.69) is 0 Å². The van der Waals surface area contributed by atoms with Gasteiger partial charge in [-0.15, -0.1) is 0 Å². The number of ether oxygens (including phenoxy) is 1. The number of imide groups is 1. The number of hydrogen-bond acceptors (Lipinski definition) is 3. The van der Waals surface area contributed by atoms with Crippen LogP contribution in [0.1, 0.15) is 26.3 Å². The standard InChI is InChI=1S/C21H13F2NO3/c22-14-7-10-18(23)19(11-14)27-15-8-5-13(6-9-15)12-24-20(25)16-3-1-2-4-17(16)21(24)26/h1-11H,12H2. The Morgan fingerprint density at radius 3 is 2.07 bits per heavy atom. The largest absolute Gasteiger partial charge is 0.454 e. The number of carbonyl (C=O) groups is 2. The van der Waals surface area contributed by atoms with Crippen LogP contribution in [-0.4, -0.2) is 16.7 Å². The molecular weight excluding hydrogens is 352 g/mol. The Morgan fingerprint density at radius 2 is 1.44 bits per heavy atom. The Kier molecular flexibility index (Phi) is 4.16. The van der Waals surface area contributed by atoms with Crippen LogP contribution in [0.3, 0.4) is 0 Å². The monoisotopic (exact) mass is 365 g/mol. The summed E-state index contributed by atoms with van der Waals surface area (Å²) in [7, 11) is 0. The van der Waals surface area contributed by atoms with E-state index < -0.39 is 11.6 Å². The van der Waals surface area contributed by atoms with Gasteiger partial charge in [0.1, 0.15) is 11.6 Å². The summed E-state index contributed by atoms with van der Waals surface area (Å²) in [4.78, 5) is 26.0. The number of fused-ring (bicyclic) bond motifs is 1. The van der Waals surface area contributed by atoms with Crippen molar-refractivity contribution < 1.29 is 23.1 Å². The molecule has 3 aromatic carbocycles. The van der Waals surface area contributed by atoms with Crippen molar-refractivity contribution in [3.8, 4) is 11.5 Å². The van der Waals surface area contributed by atoms with Crippen LogP contribution < -0.4 is 4.74 Å². The minimum absolute atomic E-state index is 0.112. The van der Waals surface area contributed by atoms with Crippen LogP contribution in [-0.2, 0) is 6.54 Å². The van der Waals surface area contributed by atoms with Gasteiger partial charge in [-0.3, -0.25) is 14.5 Å². The molecule has 134 valence electrons. The van der Waals surface area contributed by atoms with E-state index in [-0.39, 0.29) is 24.1 Å². The van der Waals surface area contributed by atoms with Crippen LogP contribution in [0.15, 0.2) is 66.7 Å². The summed E-state index contributed by atoms with van der Waals surface area (Å²) in [6.45, 7) is 0.112. The van der Waals surface area contributed by atoms with Gasteiger partial charge in [0.2, 0.25) is 0 Å². The Balaban J connectivity index is 1.50. The molecule has 0 spiro atoms. The molecule has 4 nitrogen and oxygen atoms in total. The third kappa shape index (κ3) is 3.17. The van der Waals surface area contributed by atoms with Crippen LogP contribution in [0.2, 0.25) is 0 Å². The van der Waals surface area contributed by atoms with E-state index in [1.165, 1.54) is 4.90 Å². The molecule has 0 unspecified atom stereocenters. The molecule has 0 atom stereocenters. The van der Waals surface area contributed by atoms with Crippen molar-refractivity contribution in [2.45, 2.75) is 6.54 Å². The highest BCUT2D eigenvalue weighted by atomic mass is 19.1. The molecule has 0 aliphatic carbocycles. The van der Waals surface area contributed by atoms with Gasteiger partial charge >= 0.3 is 0 Å². The molecule has 0 saturated heterocycles. The molecule has 0 fully saturated rings. The summed E-state index contributed by atoms with van der Waals surface area (Å²) >= 11 is 0. The molecule has 4 rings (SSSR count). The summed E-state index contributed by atoms with van der Waals surface area (Å²) in [6.07, 6.45) is 0. The van der Waals surface area contributed by atoms with E-state index in [4.69, 9.17) is 4.74 Å². The highest BCUT2D eigenvalue weighted by Gasteiger charge is 2.34. The zero-order chi connectivity index (χ0) is 19.0. The van der Waals surface area contributed by atoms with Gasteiger partial charge in [-0.1, -0.05) is 24.3 Å². The van der Waals surface area contributed by atoms with Crippen molar-refractivity contribution >= 4 is 11.8 Å². The topological polar surface area (TPSA) is 46.6 Å². The van der Waals surface area contributed by atoms with Gasteiger partial charge in [-0.05, 0) is 42.0 Å². The lowest BCUT2D eigenvalue weighted by molar-refractivity contribution is 0.0642. The maximum atomic E-state index is 13.6. The van der Waals surface area contributed by atoms with Crippen LogP contribution in [0.5, 0.6) is 11.5 Å². The van der Waals surface area contributed by atoms with E-state index in [9.17, 15) is 18.4 Å². The predicted molar refractivity (Wildman–Crippen MR) is 93.5 cm³/mol. The van der Waals surface area contributed by atoms with Crippen LogP contribution >= 0.6 is 0 Å². The summed E-state index contributed by atoms with van der Waals surface area (Å²) < 4.78 is 32.2. The van der Waals surface area contributed by atoms with Gasteiger partial charge < -0.3 is 4.74 Å². The Bertz CT molecular complexity index is 1010. The summed E-state index contributed by atoms with van der Waals surface area (Å²) in [6, 6.07) is 16.1. The van der Waals surface area contributed by atoms with Crippen molar-refractivity contribution in [3.63, 3.8) is 0 Å². The molecule has 1 aliphatic rings. The maximum absolute atomic E-state index is 13.6. The molecule has 0 bridgehead atoms. The number of carbonyl (C=O) groups excluding carboxylic acids is 2. The molecule has 0 aromatic heterocycles. The van der Waals surface area contributed by atoms with E-state index in [0.717, 1.165) is 18.2 Å². The van der Waals surface area contributed by atoms with Gasteiger partial charge in [0.25, 0.3) is 11.8 Å². The summed E-state index contributed by atoms with van der Waals surface area (Å²) in [5.41, 5.74) is 1.49. The zero-order valence-electron chi connectivity index (χ0n) is 14.0. The van der Waals surface area contributed by atoms with Crippen molar-refractivity contribution in [2.24, 2.45) is 0 Å². The van der Waals surface area contributed by atoms with Crippen LogP contribution in [0.4, 0.5) is 8.78 Å². The second kappa shape index (κ2) is 6.64. The second-order valence-corrected chi connectivity index (χ2v) is 6.06. The maximum Gasteiger partial charge on any atom is 0.261 e. The number of nitrogens with zero attached hydrogens (tertiary/aromatic N) is 1. The molecular formula is C21H13F2NO3. The molecule has 6 heteroatoms. The number of rotatable bonds is 4. The van der Waals surface area contributed by atoms with Gasteiger partial charge in [-0.25, -0.2) is 8.78 Å². The molecule has 3 aromatic rings. The molecule has 0 radical (unpaired) electrons. The Hall–Kier alpha value is -3.54. The lowest BCUT2D eigenvalue weighted by atomic mass is 10.1. The number of amides is 2. The Morgan fingerprint density at radius 1 is 0.815 bits per heavy atom.